The molecule has 0 fully saturated rings. The third-order valence-corrected chi connectivity index (χ3v) is 2.59. The van der Waals surface area contributed by atoms with Crippen LogP contribution in [-0.2, 0) is 11.2 Å². The predicted octanol–water partition coefficient (Wildman–Crippen LogP) is 2.96. The Labute approximate surface area is 90.9 Å². The highest BCUT2D eigenvalue weighted by Crippen LogP contribution is 2.16. The first-order chi connectivity index (χ1) is 6.99. The zero-order valence-corrected chi connectivity index (χ0v) is 9.58. The molecule has 2 heteroatoms. The second-order valence-corrected chi connectivity index (χ2v) is 4.34. The van der Waals surface area contributed by atoms with Gasteiger partial charge in [-0.15, -0.1) is 0 Å². The molecule has 0 saturated carbocycles. The van der Waals surface area contributed by atoms with Crippen LogP contribution >= 0.6 is 0 Å². The van der Waals surface area contributed by atoms with Crippen LogP contribution in [0.5, 0.6) is 0 Å². The maximum absolute atomic E-state index is 10.5. The quantitative estimate of drug-likeness (QED) is 0.822. The van der Waals surface area contributed by atoms with Crippen LogP contribution in [0.1, 0.15) is 30.0 Å². The Morgan fingerprint density at radius 3 is 2.60 bits per heavy atom. The summed E-state index contributed by atoms with van der Waals surface area (Å²) < 4.78 is 0. The molecule has 0 aliphatic heterocycles. The predicted molar refractivity (Wildman–Crippen MR) is 61.0 cm³/mol. The molecule has 0 spiro atoms. The molecule has 1 atom stereocenters. The lowest BCUT2D eigenvalue weighted by molar-refractivity contribution is -0.137. The summed E-state index contributed by atoms with van der Waals surface area (Å²) >= 11 is 0. The molecule has 1 aromatic rings. The van der Waals surface area contributed by atoms with Crippen LogP contribution < -0.4 is 0 Å². The van der Waals surface area contributed by atoms with Crippen molar-refractivity contribution in [2.45, 2.75) is 33.6 Å². The molecule has 82 valence electrons. The lowest BCUT2D eigenvalue weighted by atomic mass is 9.94. The SMILES string of the molecule is Cc1ccc(CC(C)CC(=O)O)c(C)c1. The molecule has 0 heterocycles. The number of rotatable bonds is 4. The number of benzene rings is 1. The molecule has 15 heavy (non-hydrogen) atoms. The number of aryl methyl sites for hydroxylation is 2. The summed E-state index contributed by atoms with van der Waals surface area (Å²) in [6.07, 6.45) is 1.09. The van der Waals surface area contributed by atoms with E-state index in [1.807, 2.05) is 6.92 Å². The molecule has 0 aromatic heterocycles. The van der Waals surface area contributed by atoms with E-state index in [-0.39, 0.29) is 12.3 Å². The molecule has 0 radical (unpaired) electrons. The molecule has 1 aromatic carbocycles. The van der Waals surface area contributed by atoms with Gasteiger partial charge in [-0.25, -0.2) is 0 Å². The molecule has 0 saturated heterocycles. The fourth-order valence-corrected chi connectivity index (χ4v) is 1.82. The van der Waals surface area contributed by atoms with E-state index in [1.165, 1.54) is 16.7 Å². The largest absolute Gasteiger partial charge is 0.481 e. The van der Waals surface area contributed by atoms with Crippen LogP contribution in [0.3, 0.4) is 0 Å². The van der Waals surface area contributed by atoms with Gasteiger partial charge in [0.2, 0.25) is 0 Å². The van der Waals surface area contributed by atoms with Crippen LogP contribution in [0.4, 0.5) is 0 Å². The highest BCUT2D eigenvalue weighted by atomic mass is 16.4. The van der Waals surface area contributed by atoms with Crippen LogP contribution in [0.2, 0.25) is 0 Å². The summed E-state index contributed by atoms with van der Waals surface area (Å²) in [4.78, 5) is 10.5. The average Bonchev–Trinajstić information content (AvgIpc) is 2.08. The van der Waals surface area contributed by atoms with Gasteiger partial charge in [0.05, 0.1) is 0 Å². The Hall–Kier alpha value is -1.31. The van der Waals surface area contributed by atoms with Gasteiger partial charge in [0, 0.05) is 6.42 Å². The van der Waals surface area contributed by atoms with Crippen LogP contribution in [0.25, 0.3) is 0 Å². The molecule has 0 aliphatic carbocycles. The van der Waals surface area contributed by atoms with Crippen molar-refractivity contribution in [1.82, 2.24) is 0 Å². The van der Waals surface area contributed by atoms with Gasteiger partial charge in [0.25, 0.3) is 0 Å². The Morgan fingerprint density at radius 2 is 2.07 bits per heavy atom. The molecule has 1 N–H and O–H groups in total. The van der Waals surface area contributed by atoms with Crippen molar-refractivity contribution >= 4 is 5.97 Å². The van der Waals surface area contributed by atoms with E-state index < -0.39 is 5.97 Å². The summed E-state index contributed by atoms with van der Waals surface area (Å²) in [6, 6.07) is 6.32. The molecule has 2 nitrogen and oxygen atoms in total. The van der Waals surface area contributed by atoms with Crippen molar-refractivity contribution < 1.29 is 9.90 Å². The van der Waals surface area contributed by atoms with Gasteiger partial charge in [-0.3, -0.25) is 4.79 Å². The van der Waals surface area contributed by atoms with Gasteiger partial charge in [-0.1, -0.05) is 30.7 Å². The number of carbonyl (C=O) groups is 1. The Bertz CT molecular complexity index is 356. The zero-order chi connectivity index (χ0) is 11.4. The van der Waals surface area contributed by atoms with Crippen LogP contribution in [0, 0.1) is 19.8 Å². The molecule has 0 bridgehead atoms. The summed E-state index contributed by atoms with van der Waals surface area (Å²) in [7, 11) is 0. The molecule has 1 rings (SSSR count). The topological polar surface area (TPSA) is 37.3 Å². The third kappa shape index (κ3) is 3.74. The molecular weight excluding hydrogens is 188 g/mol. The van der Waals surface area contributed by atoms with E-state index >= 15 is 0 Å². The lowest BCUT2D eigenvalue weighted by Crippen LogP contribution is -2.07. The van der Waals surface area contributed by atoms with Crippen molar-refractivity contribution in [3.8, 4) is 0 Å². The number of hydrogen-bond donors (Lipinski definition) is 1. The van der Waals surface area contributed by atoms with Crippen LogP contribution in [0.15, 0.2) is 18.2 Å². The minimum Gasteiger partial charge on any atom is -0.481 e. The summed E-state index contributed by atoms with van der Waals surface area (Å²) in [6.45, 7) is 6.13. The van der Waals surface area contributed by atoms with Crippen molar-refractivity contribution in [2.75, 3.05) is 0 Å². The van der Waals surface area contributed by atoms with Crippen LogP contribution in [-0.4, -0.2) is 11.1 Å². The van der Waals surface area contributed by atoms with E-state index in [1.54, 1.807) is 0 Å². The van der Waals surface area contributed by atoms with Gasteiger partial charge < -0.3 is 5.11 Å². The monoisotopic (exact) mass is 206 g/mol. The van der Waals surface area contributed by atoms with Crippen molar-refractivity contribution in [1.29, 1.82) is 0 Å². The molecule has 0 aliphatic rings. The Kier molecular flexibility index (Phi) is 3.89. The summed E-state index contributed by atoms with van der Waals surface area (Å²) in [5.41, 5.74) is 3.77. The van der Waals surface area contributed by atoms with E-state index in [9.17, 15) is 4.79 Å². The Balaban J connectivity index is 2.68. The first-order valence-corrected chi connectivity index (χ1v) is 5.27. The number of hydrogen-bond acceptors (Lipinski definition) is 1. The maximum atomic E-state index is 10.5. The third-order valence-electron chi connectivity index (χ3n) is 2.59. The highest BCUT2D eigenvalue weighted by Gasteiger charge is 2.09. The summed E-state index contributed by atoms with van der Waals surface area (Å²) in [5.74, 6) is -0.517. The van der Waals surface area contributed by atoms with E-state index in [0.29, 0.717) is 0 Å². The average molecular weight is 206 g/mol. The first kappa shape index (κ1) is 11.8. The Morgan fingerprint density at radius 1 is 1.40 bits per heavy atom. The van der Waals surface area contributed by atoms with E-state index in [4.69, 9.17) is 5.11 Å². The maximum Gasteiger partial charge on any atom is 0.303 e. The van der Waals surface area contributed by atoms with Crippen molar-refractivity contribution in [3.63, 3.8) is 0 Å². The van der Waals surface area contributed by atoms with Gasteiger partial charge >= 0.3 is 5.97 Å². The normalized spacial score (nSPS) is 12.5. The first-order valence-electron chi connectivity index (χ1n) is 5.27. The molecular formula is C13H18O2. The smallest absolute Gasteiger partial charge is 0.303 e. The second-order valence-electron chi connectivity index (χ2n) is 4.34. The van der Waals surface area contributed by atoms with Crippen molar-refractivity contribution in [2.24, 2.45) is 5.92 Å². The second kappa shape index (κ2) is 4.96. The van der Waals surface area contributed by atoms with Gasteiger partial charge in [0.15, 0.2) is 0 Å². The molecule has 0 amide bonds. The molecule has 1 unspecified atom stereocenters. The standard InChI is InChI=1S/C13H18O2/c1-9-4-5-12(11(3)6-9)7-10(2)8-13(14)15/h4-6,10H,7-8H2,1-3H3,(H,14,15). The van der Waals surface area contributed by atoms with Gasteiger partial charge in [0.1, 0.15) is 0 Å². The zero-order valence-electron chi connectivity index (χ0n) is 9.58. The lowest BCUT2D eigenvalue weighted by Gasteiger charge is -2.11. The number of carboxylic acids is 1. The minimum atomic E-state index is -0.715. The minimum absolute atomic E-state index is 0.198. The van der Waals surface area contributed by atoms with Crippen molar-refractivity contribution in [3.05, 3.63) is 34.9 Å². The fraction of sp³-hybridized carbons (Fsp3) is 0.462. The summed E-state index contributed by atoms with van der Waals surface area (Å²) in [5, 5.41) is 8.68. The van der Waals surface area contributed by atoms with Gasteiger partial charge in [-0.2, -0.15) is 0 Å². The number of aliphatic carboxylic acids is 1. The highest BCUT2D eigenvalue weighted by molar-refractivity contribution is 5.67. The number of carboxylic acid groups (broad SMARTS) is 1. The van der Waals surface area contributed by atoms with Gasteiger partial charge in [-0.05, 0) is 37.3 Å². The van der Waals surface area contributed by atoms with E-state index in [2.05, 4.69) is 32.0 Å². The fourth-order valence-electron chi connectivity index (χ4n) is 1.82. The van der Waals surface area contributed by atoms with E-state index in [0.717, 1.165) is 6.42 Å².